The van der Waals surface area contributed by atoms with Crippen LogP contribution >= 0.6 is 0 Å². The molecule has 0 rings (SSSR count). The summed E-state index contributed by atoms with van der Waals surface area (Å²) in [6.07, 6.45) is -0.484. The average Bonchev–Trinajstić information content (AvgIpc) is 3.21. The topological polar surface area (TPSA) is 166 Å². The molecule has 0 spiro atoms. The minimum Gasteiger partial charge on any atom is -0.382 e. The lowest BCUT2D eigenvalue weighted by Gasteiger charge is -2.20. The second kappa shape index (κ2) is 43.8. The maximum atomic E-state index is 5.98. The summed E-state index contributed by atoms with van der Waals surface area (Å²) in [6.45, 7) is 10.4. The molecule has 338 valence electrons. The molecule has 0 saturated heterocycles. The second-order valence-electron chi connectivity index (χ2n) is 12.7. The van der Waals surface area contributed by atoms with Gasteiger partial charge in [0.05, 0.1) is 159 Å². The molecule has 0 aromatic rings. The molecule has 0 N–H and O–H groups in total. The number of hydrogen-bond acceptors (Lipinski definition) is 18. The van der Waals surface area contributed by atoms with Crippen LogP contribution < -0.4 is 0 Å². The third-order valence-electron chi connectivity index (χ3n) is 7.94. The van der Waals surface area contributed by atoms with E-state index in [0.717, 1.165) is 0 Å². The second-order valence-corrected chi connectivity index (χ2v) is 12.7. The molecule has 18 nitrogen and oxygen atoms in total. The van der Waals surface area contributed by atoms with Gasteiger partial charge in [0.1, 0.15) is 24.4 Å². The maximum absolute atomic E-state index is 5.98. The molecule has 0 aliphatic heterocycles. The summed E-state index contributed by atoms with van der Waals surface area (Å²) in [4.78, 5) is 0. The molecule has 0 fully saturated rings. The van der Waals surface area contributed by atoms with Crippen molar-refractivity contribution in [3.63, 3.8) is 0 Å². The van der Waals surface area contributed by atoms with Crippen LogP contribution in [0.1, 0.15) is 0 Å². The molecule has 0 amide bonds. The van der Waals surface area contributed by atoms with Crippen molar-refractivity contribution in [2.24, 2.45) is 11.8 Å². The lowest BCUT2D eigenvalue weighted by atomic mass is 10.2. The van der Waals surface area contributed by atoms with E-state index in [9.17, 15) is 0 Å². The Morgan fingerprint density at radius 1 is 0.214 bits per heavy atom. The SMILES string of the molecule is COCC(COCCOCC(COCCOCC(COCCOCC(COC)OC)COCCOCC(COC)OC)COCCOCC(COC)OC)OC. The van der Waals surface area contributed by atoms with Gasteiger partial charge in [-0.05, 0) is 0 Å². The zero-order chi connectivity index (χ0) is 41.2. The van der Waals surface area contributed by atoms with Crippen LogP contribution in [0.3, 0.4) is 0 Å². The third kappa shape index (κ3) is 35.2. The van der Waals surface area contributed by atoms with E-state index in [2.05, 4.69) is 0 Å². The molecule has 0 aliphatic carbocycles. The third-order valence-corrected chi connectivity index (χ3v) is 7.94. The number of rotatable bonds is 47. The predicted molar refractivity (Wildman–Crippen MR) is 206 cm³/mol. The Balaban J connectivity index is 4.73. The van der Waals surface area contributed by atoms with Crippen molar-refractivity contribution in [3.8, 4) is 0 Å². The van der Waals surface area contributed by atoms with E-state index in [1.54, 1.807) is 56.9 Å². The standard InChI is InChI=1S/C38H78O18/c1-39-25-35(43-5)29-53-15-11-49-21-33(22-50-12-16-54-30-36(44-6)26-40-2)19-47-9-10-48-20-34(23-51-13-17-55-31-37(45-7)27-41-3)24-52-14-18-56-32-38(46-8)28-42-4/h33-38H,9-32H2,1-8H3. The first-order valence-electron chi connectivity index (χ1n) is 19.4. The quantitative estimate of drug-likeness (QED) is 0.0799. The molecule has 0 aromatic heterocycles. The van der Waals surface area contributed by atoms with Crippen LogP contribution in [0.2, 0.25) is 0 Å². The molecular formula is C38H78O18. The van der Waals surface area contributed by atoms with Crippen molar-refractivity contribution in [1.82, 2.24) is 0 Å². The van der Waals surface area contributed by atoms with Gasteiger partial charge in [0.2, 0.25) is 0 Å². The zero-order valence-corrected chi connectivity index (χ0v) is 35.8. The van der Waals surface area contributed by atoms with Gasteiger partial charge in [-0.1, -0.05) is 0 Å². The van der Waals surface area contributed by atoms with Crippen LogP contribution in [0.15, 0.2) is 0 Å². The summed E-state index contributed by atoms with van der Waals surface area (Å²) in [7, 11) is 13.0. The summed E-state index contributed by atoms with van der Waals surface area (Å²) in [6, 6.07) is 0. The molecule has 18 heteroatoms. The van der Waals surface area contributed by atoms with Crippen LogP contribution in [0, 0.1) is 11.8 Å². The predicted octanol–water partition coefficient (Wildman–Crippen LogP) is 1.03. The molecule has 0 radical (unpaired) electrons. The van der Waals surface area contributed by atoms with Crippen molar-refractivity contribution in [2.75, 3.05) is 215 Å². The highest BCUT2D eigenvalue weighted by atomic mass is 16.6. The van der Waals surface area contributed by atoms with Crippen LogP contribution in [-0.2, 0) is 85.3 Å². The summed E-state index contributed by atoms with van der Waals surface area (Å²) in [5, 5.41) is 0. The molecule has 0 heterocycles. The highest BCUT2D eigenvalue weighted by Crippen LogP contribution is 2.05. The van der Waals surface area contributed by atoms with Gasteiger partial charge in [0.25, 0.3) is 0 Å². The first-order chi connectivity index (χ1) is 27.5. The first kappa shape index (κ1) is 55.3. The Labute approximate surface area is 336 Å². The fourth-order valence-electron chi connectivity index (χ4n) is 4.72. The van der Waals surface area contributed by atoms with Gasteiger partial charge in [-0.15, -0.1) is 0 Å². The van der Waals surface area contributed by atoms with Crippen molar-refractivity contribution >= 4 is 0 Å². The Morgan fingerprint density at radius 2 is 0.375 bits per heavy atom. The van der Waals surface area contributed by atoms with E-state index in [1.807, 2.05) is 0 Å². The Kier molecular flexibility index (Phi) is 43.3. The van der Waals surface area contributed by atoms with Crippen LogP contribution in [0.4, 0.5) is 0 Å². The summed E-state index contributed by atoms with van der Waals surface area (Å²) in [5.41, 5.74) is 0. The molecule has 0 aromatic carbocycles. The van der Waals surface area contributed by atoms with E-state index in [4.69, 9.17) is 85.3 Å². The van der Waals surface area contributed by atoms with E-state index in [-0.39, 0.29) is 36.3 Å². The highest BCUT2D eigenvalue weighted by Gasteiger charge is 2.15. The normalized spacial score (nSPS) is 15.2. The van der Waals surface area contributed by atoms with Gasteiger partial charge in [0, 0.05) is 68.7 Å². The van der Waals surface area contributed by atoms with Gasteiger partial charge in [-0.3, -0.25) is 0 Å². The summed E-state index contributed by atoms with van der Waals surface area (Å²) in [5.74, 6) is -0.00602. The zero-order valence-electron chi connectivity index (χ0n) is 35.8. The maximum Gasteiger partial charge on any atom is 0.104 e. The fraction of sp³-hybridized carbons (Fsp3) is 1.00. The van der Waals surface area contributed by atoms with Crippen LogP contribution in [-0.4, -0.2) is 240 Å². The summed E-state index contributed by atoms with van der Waals surface area (Å²) >= 11 is 0. The molecule has 0 bridgehead atoms. The lowest BCUT2D eigenvalue weighted by Crippen LogP contribution is -2.27. The van der Waals surface area contributed by atoms with Gasteiger partial charge >= 0.3 is 0 Å². The minimum atomic E-state index is -0.121. The van der Waals surface area contributed by atoms with Gasteiger partial charge in [0.15, 0.2) is 0 Å². The van der Waals surface area contributed by atoms with Gasteiger partial charge in [-0.25, -0.2) is 0 Å². The smallest absolute Gasteiger partial charge is 0.104 e. The Morgan fingerprint density at radius 3 is 0.518 bits per heavy atom. The molecule has 4 unspecified atom stereocenters. The van der Waals surface area contributed by atoms with E-state index in [0.29, 0.717) is 159 Å². The minimum absolute atomic E-state index is 0.00301. The molecular weight excluding hydrogens is 744 g/mol. The van der Waals surface area contributed by atoms with Crippen LogP contribution in [0.25, 0.3) is 0 Å². The molecule has 56 heavy (non-hydrogen) atoms. The fourth-order valence-corrected chi connectivity index (χ4v) is 4.72. The Bertz CT molecular complexity index is 648. The van der Waals surface area contributed by atoms with Crippen molar-refractivity contribution in [1.29, 1.82) is 0 Å². The molecule has 0 saturated carbocycles. The average molecular weight is 823 g/mol. The number of ether oxygens (including phenoxy) is 18. The van der Waals surface area contributed by atoms with Crippen molar-refractivity contribution < 1.29 is 85.3 Å². The highest BCUT2D eigenvalue weighted by molar-refractivity contribution is 4.60. The molecule has 4 atom stereocenters. The number of methoxy groups -OCH3 is 8. The molecule has 0 aliphatic rings. The largest absolute Gasteiger partial charge is 0.382 e. The van der Waals surface area contributed by atoms with E-state index >= 15 is 0 Å². The monoisotopic (exact) mass is 823 g/mol. The number of hydrogen-bond donors (Lipinski definition) is 0. The first-order valence-corrected chi connectivity index (χ1v) is 19.4. The Hall–Kier alpha value is -0.720. The van der Waals surface area contributed by atoms with E-state index < -0.39 is 0 Å². The lowest BCUT2D eigenvalue weighted by molar-refractivity contribution is -0.0672. The van der Waals surface area contributed by atoms with Crippen molar-refractivity contribution in [2.45, 2.75) is 24.4 Å². The van der Waals surface area contributed by atoms with Gasteiger partial charge < -0.3 is 85.3 Å². The summed E-state index contributed by atoms with van der Waals surface area (Å²) < 4.78 is 100. The van der Waals surface area contributed by atoms with Gasteiger partial charge in [-0.2, -0.15) is 0 Å². The van der Waals surface area contributed by atoms with E-state index in [1.165, 1.54) is 0 Å². The van der Waals surface area contributed by atoms with Crippen molar-refractivity contribution in [3.05, 3.63) is 0 Å². The van der Waals surface area contributed by atoms with Crippen LogP contribution in [0.5, 0.6) is 0 Å².